The zero-order valence-electron chi connectivity index (χ0n) is 7.51. The molecule has 0 unspecified atom stereocenters. The first-order chi connectivity index (χ1) is 6.67. The molecule has 3 nitrogen and oxygen atoms in total. The summed E-state index contributed by atoms with van der Waals surface area (Å²) in [6.45, 7) is -1.08. The van der Waals surface area contributed by atoms with Crippen molar-refractivity contribution in [3.63, 3.8) is 0 Å². The van der Waals surface area contributed by atoms with Crippen molar-refractivity contribution in [1.29, 1.82) is 0 Å². The van der Waals surface area contributed by atoms with E-state index in [0.29, 0.717) is 16.5 Å². The van der Waals surface area contributed by atoms with Crippen LogP contribution < -0.4 is 10.1 Å². The first kappa shape index (κ1) is 10.8. The summed E-state index contributed by atoms with van der Waals surface area (Å²) in [6.07, 6.45) is 0. The Morgan fingerprint density at radius 3 is 2.93 bits per heavy atom. The average molecular weight is 218 g/mol. The lowest BCUT2D eigenvalue weighted by molar-refractivity contribution is -0.117. The average Bonchev–Trinajstić information content (AvgIpc) is 2.21. The number of hydrogen-bond donors (Lipinski definition) is 1. The fourth-order valence-electron chi connectivity index (χ4n) is 0.911. The predicted octanol–water partition coefficient (Wildman–Crippen LogP) is 2.26. The third-order valence-corrected chi connectivity index (χ3v) is 1.90. The van der Waals surface area contributed by atoms with Crippen molar-refractivity contribution < 1.29 is 13.9 Å². The summed E-state index contributed by atoms with van der Waals surface area (Å²) >= 11 is 5.76. The molecule has 1 amide bonds. The van der Waals surface area contributed by atoms with Gasteiger partial charge in [0.2, 0.25) is 0 Å². The van der Waals surface area contributed by atoms with Crippen molar-refractivity contribution >= 4 is 23.2 Å². The molecule has 0 heterocycles. The number of halogens is 2. The predicted molar refractivity (Wildman–Crippen MR) is 52.6 cm³/mol. The second-order valence-electron chi connectivity index (χ2n) is 2.53. The molecule has 0 aliphatic rings. The number of carbonyl (C=O) groups is 1. The van der Waals surface area contributed by atoms with Gasteiger partial charge in [0.05, 0.1) is 17.8 Å². The number of ether oxygens (including phenoxy) is 1. The van der Waals surface area contributed by atoms with Gasteiger partial charge in [0.25, 0.3) is 5.91 Å². The molecule has 0 aliphatic carbocycles. The second-order valence-corrected chi connectivity index (χ2v) is 2.93. The van der Waals surface area contributed by atoms with Gasteiger partial charge in [-0.1, -0.05) is 11.6 Å². The molecule has 14 heavy (non-hydrogen) atoms. The van der Waals surface area contributed by atoms with E-state index in [1.54, 1.807) is 12.1 Å². The van der Waals surface area contributed by atoms with Crippen LogP contribution in [0.5, 0.6) is 5.75 Å². The Labute approximate surface area is 85.8 Å². The SMILES string of the molecule is COc1ccc(Cl)c(NC(=O)CF)c1. The lowest BCUT2D eigenvalue weighted by Gasteiger charge is -2.07. The van der Waals surface area contributed by atoms with Crippen LogP contribution in [0.15, 0.2) is 18.2 Å². The minimum atomic E-state index is -1.08. The molecule has 0 aromatic heterocycles. The van der Waals surface area contributed by atoms with Crippen molar-refractivity contribution in [1.82, 2.24) is 0 Å². The highest BCUT2D eigenvalue weighted by atomic mass is 35.5. The summed E-state index contributed by atoms with van der Waals surface area (Å²) < 4.78 is 16.8. The number of carbonyl (C=O) groups excluding carboxylic acids is 1. The van der Waals surface area contributed by atoms with Crippen LogP contribution in [0.25, 0.3) is 0 Å². The Bertz CT molecular complexity index is 344. The normalized spacial score (nSPS) is 9.64. The van der Waals surface area contributed by atoms with E-state index in [9.17, 15) is 9.18 Å². The maximum Gasteiger partial charge on any atom is 0.255 e. The highest BCUT2D eigenvalue weighted by Gasteiger charge is 2.06. The van der Waals surface area contributed by atoms with Crippen molar-refractivity contribution in [3.8, 4) is 5.75 Å². The van der Waals surface area contributed by atoms with Crippen molar-refractivity contribution in [2.75, 3.05) is 19.1 Å². The molecule has 0 atom stereocenters. The number of hydrogen-bond acceptors (Lipinski definition) is 2. The molecule has 1 aromatic rings. The molecule has 1 aromatic carbocycles. The molecule has 0 fully saturated rings. The number of nitrogens with one attached hydrogen (secondary N) is 1. The smallest absolute Gasteiger partial charge is 0.255 e. The fourth-order valence-corrected chi connectivity index (χ4v) is 1.08. The van der Waals surface area contributed by atoms with E-state index in [1.807, 2.05) is 0 Å². The summed E-state index contributed by atoms with van der Waals surface area (Å²) in [5.41, 5.74) is 0.341. The quantitative estimate of drug-likeness (QED) is 0.844. The van der Waals surface area contributed by atoms with E-state index in [0.717, 1.165) is 0 Å². The van der Waals surface area contributed by atoms with Crippen LogP contribution in [0.2, 0.25) is 5.02 Å². The van der Waals surface area contributed by atoms with E-state index in [2.05, 4.69) is 5.32 Å². The maximum atomic E-state index is 11.9. The number of alkyl halides is 1. The lowest BCUT2D eigenvalue weighted by atomic mass is 10.3. The largest absolute Gasteiger partial charge is 0.497 e. The van der Waals surface area contributed by atoms with Crippen LogP contribution in [-0.2, 0) is 4.79 Å². The molecule has 0 spiro atoms. The second kappa shape index (κ2) is 4.81. The van der Waals surface area contributed by atoms with Gasteiger partial charge < -0.3 is 10.1 Å². The first-order valence-corrected chi connectivity index (χ1v) is 4.24. The molecule has 0 aliphatic heterocycles. The van der Waals surface area contributed by atoms with Gasteiger partial charge in [0.15, 0.2) is 6.67 Å². The molecular weight excluding hydrogens is 209 g/mol. The van der Waals surface area contributed by atoms with Crippen LogP contribution in [-0.4, -0.2) is 19.7 Å². The molecule has 76 valence electrons. The monoisotopic (exact) mass is 217 g/mol. The van der Waals surface area contributed by atoms with Crippen LogP contribution in [0.1, 0.15) is 0 Å². The van der Waals surface area contributed by atoms with Gasteiger partial charge >= 0.3 is 0 Å². The number of anilines is 1. The van der Waals surface area contributed by atoms with E-state index < -0.39 is 12.6 Å². The summed E-state index contributed by atoms with van der Waals surface area (Å²) in [5.74, 6) is -0.191. The topological polar surface area (TPSA) is 38.3 Å². The summed E-state index contributed by atoms with van der Waals surface area (Å²) in [4.78, 5) is 10.7. The van der Waals surface area contributed by atoms with E-state index >= 15 is 0 Å². The fraction of sp³-hybridized carbons (Fsp3) is 0.222. The summed E-state index contributed by atoms with van der Waals surface area (Å²) in [5, 5.41) is 2.65. The zero-order chi connectivity index (χ0) is 10.6. The van der Waals surface area contributed by atoms with Crippen LogP contribution in [0.4, 0.5) is 10.1 Å². The lowest BCUT2D eigenvalue weighted by Crippen LogP contribution is -2.13. The van der Waals surface area contributed by atoms with Gasteiger partial charge in [-0.05, 0) is 12.1 Å². The third-order valence-electron chi connectivity index (χ3n) is 1.57. The number of amides is 1. The Kier molecular flexibility index (Phi) is 3.71. The van der Waals surface area contributed by atoms with Crippen LogP contribution in [0.3, 0.4) is 0 Å². The summed E-state index contributed by atoms with van der Waals surface area (Å²) in [7, 11) is 1.49. The zero-order valence-corrected chi connectivity index (χ0v) is 8.27. The Morgan fingerprint density at radius 2 is 2.36 bits per heavy atom. The van der Waals surface area contributed by atoms with Crippen molar-refractivity contribution in [2.45, 2.75) is 0 Å². The Morgan fingerprint density at radius 1 is 1.64 bits per heavy atom. The van der Waals surface area contributed by atoms with E-state index in [-0.39, 0.29) is 0 Å². The molecule has 0 saturated carbocycles. The van der Waals surface area contributed by atoms with Crippen molar-refractivity contribution in [2.24, 2.45) is 0 Å². The minimum absolute atomic E-state index is 0.340. The molecule has 0 saturated heterocycles. The highest BCUT2D eigenvalue weighted by molar-refractivity contribution is 6.33. The van der Waals surface area contributed by atoms with Gasteiger partial charge in [-0.2, -0.15) is 0 Å². The molecule has 1 rings (SSSR count). The van der Waals surface area contributed by atoms with Gasteiger partial charge in [-0.15, -0.1) is 0 Å². The maximum absolute atomic E-state index is 11.9. The molecule has 1 N–H and O–H groups in total. The Hall–Kier alpha value is -1.29. The van der Waals surface area contributed by atoms with Crippen molar-refractivity contribution in [3.05, 3.63) is 23.2 Å². The Balaban J connectivity index is 2.89. The minimum Gasteiger partial charge on any atom is -0.497 e. The van der Waals surface area contributed by atoms with Gasteiger partial charge in [0, 0.05) is 6.07 Å². The summed E-state index contributed by atoms with van der Waals surface area (Å²) in [6, 6.07) is 4.73. The standard InChI is InChI=1S/C9H9ClFNO2/c1-14-6-2-3-7(10)8(4-6)12-9(13)5-11/h2-4H,5H2,1H3,(H,12,13). The van der Waals surface area contributed by atoms with E-state index in [1.165, 1.54) is 13.2 Å². The molecule has 0 radical (unpaired) electrons. The number of benzene rings is 1. The molecule has 5 heteroatoms. The first-order valence-electron chi connectivity index (χ1n) is 3.86. The van der Waals surface area contributed by atoms with Crippen LogP contribution in [0, 0.1) is 0 Å². The molecule has 0 bridgehead atoms. The highest BCUT2D eigenvalue weighted by Crippen LogP contribution is 2.26. The van der Waals surface area contributed by atoms with Gasteiger partial charge in [-0.3, -0.25) is 4.79 Å². The third kappa shape index (κ3) is 2.60. The van der Waals surface area contributed by atoms with Gasteiger partial charge in [0.1, 0.15) is 5.75 Å². The molecular formula is C9H9ClFNO2. The number of methoxy groups -OCH3 is 1. The van der Waals surface area contributed by atoms with Gasteiger partial charge in [-0.25, -0.2) is 4.39 Å². The van der Waals surface area contributed by atoms with Crippen LogP contribution >= 0.6 is 11.6 Å². The van der Waals surface area contributed by atoms with E-state index in [4.69, 9.17) is 16.3 Å². The number of rotatable bonds is 3.